The second kappa shape index (κ2) is 4.84. The fourth-order valence-electron chi connectivity index (χ4n) is 2.47. The van der Waals surface area contributed by atoms with Crippen molar-refractivity contribution in [3.8, 4) is 11.3 Å². The van der Waals surface area contributed by atoms with Gasteiger partial charge in [-0.1, -0.05) is 13.8 Å². The minimum atomic E-state index is -0.0708. The molecule has 5 heteroatoms. The van der Waals surface area contributed by atoms with E-state index in [0.717, 1.165) is 16.8 Å². The summed E-state index contributed by atoms with van der Waals surface area (Å²) in [7, 11) is 3.49. The van der Waals surface area contributed by atoms with Gasteiger partial charge in [-0.25, -0.2) is 9.78 Å². The third kappa shape index (κ3) is 2.14. The number of fused-ring (bicyclic) bond motifs is 1. The summed E-state index contributed by atoms with van der Waals surface area (Å²) in [6.07, 6.45) is 3.59. The van der Waals surface area contributed by atoms with Gasteiger partial charge in [0.25, 0.3) is 0 Å². The van der Waals surface area contributed by atoms with Gasteiger partial charge in [0, 0.05) is 32.1 Å². The molecule has 0 aliphatic rings. The van der Waals surface area contributed by atoms with Crippen molar-refractivity contribution in [2.75, 3.05) is 0 Å². The topological polar surface area (TPSA) is 52.7 Å². The Hall–Kier alpha value is -2.43. The van der Waals surface area contributed by atoms with Crippen molar-refractivity contribution in [1.82, 2.24) is 19.1 Å². The van der Waals surface area contributed by atoms with Crippen LogP contribution < -0.4 is 5.69 Å². The highest BCUT2D eigenvalue weighted by Gasteiger charge is 2.11. The molecule has 0 saturated carbocycles. The van der Waals surface area contributed by atoms with E-state index in [1.165, 1.54) is 5.56 Å². The molecule has 0 amide bonds. The van der Waals surface area contributed by atoms with Crippen LogP contribution in [-0.4, -0.2) is 19.1 Å². The maximum Gasteiger partial charge on any atom is 0.329 e. The van der Waals surface area contributed by atoms with Gasteiger partial charge in [-0.15, -0.1) is 0 Å². The maximum atomic E-state index is 11.9. The van der Waals surface area contributed by atoms with Gasteiger partial charge in [0.2, 0.25) is 0 Å². The van der Waals surface area contributed by atoms with E-state index in [9.17, 15) is 4.79 Å². The number of pyridine rings is 2. The van der Waals surface area contributed by atoms with Crippen LogP contribution in [0.5, 0.6) is 0 Å². The van der Waals surface area contributed by atoms with Crippen LogP contribution in [0.1, 0.15) is 25.3 Å². The van der Waals surface area contributed by atoms with Gasteiger partial charge in [0.05, 0.1) is 11.2 Å². The summed E-state index contributed by atoms with van der Waals surface area (Å²) < 4.78 is 3.16. The summed E-state index contributed by atoms with van der Waals surface area (Å²) in [5.74, 6) is 0.449. The lowest BCUT2D eigenvalue weighted by Gasteiger charge is -2.07. The van der Waals surface area contributed by atoms with Gasteiger partial charge in [-0.2, -0.15) is 0 Å². The Morgan fingerprint density at radius 2 is 1.86 bits per heavy atom. The smallest absolute Gasteiger partial charge is 0.293 e. The van der Waals surface area contributed by atoms with E-state index in [2.05, 4.69) is 29.9 Å². The molecule has 0 spiro atoms. The van der Waals surface area contributed by atoms with Crippen LogP contribution in [0.15, 0.2) is 35.4 Å². The summed E-state index contributed by atoms with van der Waals surface area (Å²) in [5, 5.41) is 0. The number of aryl methyl sites for hydroxylation is 2. The Morgan fingerprint density at radius 3 is 2.57 bits per heavy atom. The molecule has 3 aromatic heterocycles. The monoisotopic (exact) mass is 282 g/mol. The molecule has 3 rings (SSSR count). The molecule has 0 radical (unpaired) electrons. The SMILES string of the molecule is CC(C)c1ccnc(-c2cnc3c(c2)n(C)c(=O)n3C)c1. The van der Waals surface area contributed by atoms with E-state index in [-0.39, 0.29) is 5.69 Å². The van der Waals surface area contributed by atoms with E-state index < -0.39 is 0 Å². The average molecular weight is 282 g/mol. The third-order valence-electron chi connectivity index (χ3n) is 3.85. The largest absolute Gasteiger partial charge is 0.329 e. The molecule has 0 aromatic carbocycles. The second-order valence-electron chi connectivity index (χ2n) is 5.60. The zero-order valence-corrected chi connectivity index (χ0v) is 12.7. The van der Waals surface area contributed by atoms with Crippen molar-refractivity contribution in [3.05, 3.63) is 46.6 Å². The molecule has 21 heavy (non-hydrogen) atoms. The molecule has 5 nitrogen and oxygen atoms in total. The quantitative estimate of drug-likeness (QED) is 0.725. The lowest BCUT2D eigenvalue weighted by atomic mass is 10.0. The van der Waals surface area contributed by atoms with E-state index in [1.54, 1.807) is 29.4 Å². The van der Waals surface area contributed by atoms with Crippen LogP contribution in [-0.2, 0) is 14.1 Å². The van der Waals surface area contributed by atoms with Gasteiger partial charge < -0.3 is 0 Å². The van der Waals surface area contributed by atoms with Gasteiger partial charge >= 0.3 is 5.69 Å². The Bertz CT molecular complexity index is 874. The normalized spacial score (nSPS) is 11.5. The minimum Gasteiger partial charge on any atom is -0.293 e. The molecule has 3 aromatic rings. The van der Waals surface area contributed by atoms with Crippen LogP contribution in [0, 0.1) is 0 Å². The Balaban J connectivity index is 2.20. The summed E-state index contributed by atoms with van der Waals surface area (Å²) in [6, 6.07) is 6.07. The zero-order valence-electron chi connectivity index (χ0n) is 12.7. The predicted molar refractivity (Wildman–Crippen MR) is 83.3 cm³/mol. The molecule has 3 heterocycles. The number of nitrogens with zero attached hydrogens (tertiary/aromatic N) is 4. The first-order valence-electron chi connectivity index (χ1n) is 6.97. The van der Waals surface area contributed by atoms with E-state index in [4.69, 9.17) is 0 Å². The molecule has 0 unspecified atom stereocenters. The van der Waals surface area contributed by atoms with Crippen LogP contribution in [0.2, 0.25) is 0 Å². The second-order valence-corrected chi connectivity index (χ2v) is 5.60. The van der Waals surface area contributed by atoms with Gasteiger partial charge in [-0.05, 0) is 29.7 Å². The summed E-state index contributed by atoms with van der Waals surface area (Å²) in [4.78, 5) is 20.8. The first-order valence-corrected chi connectivity index (χ1v) is 6.97. The van der Waals surface area contributed by atoms with Crippen molar-refractivity contribution in [3.63, 3.8) is 0 Å². The summed E-state index contributed by atoms with van der Waals surface area (Å²) >= 11 is 0. The van der Waals surface area contributed by atoms with Crippen LogP contribution in [0.4, 0.5) is 0 Å². The number of rotatable bonds is 2. The number of hydrogen-bond acceptors (Lipinski definition) is 3. The van der Waals surface area contributed by atoms with Crippen LogP contribution in [0.3, 0.4) is 0 Å². The van der Waals surface area contributed by atoms with Gasteiger partial charge in [0.15, 0.2) is 5.65 Å². The van der Waals surface area contributed by atoms with Gasteiger partial charge in [0.1, 0.15) is 0 Å². The maximum absolute atomic E-state index is 11.9. The van der Waals surface area contributed by atoms with Gasteiger partial charge in [-0.3, -0.25) is 14.1 Å². The molecule has 108 valence electrons. The standard InChI is InChI=1S/C16H18N4O/c1-10(2)11-5-6-17-13(7-11)12-8-14-15(18-9-12)20(4)16(21)19(14)3/h5-10H,1-4H3. The predicted octanol–water partition coefficient (Wildman–Crippen LogP) is 2.46. The Labute approximate surface area is 122 Å². The molecule has 0 aliphatic heterocycles. The highest BCUT2D eigenvalue weighted by Crippen LogP contribution is 2.23. The number of aromatic nitrogens is 4. The van der Waals surface area contributed by atoms with Crippen LogP contribution >= 0.6 is 0 Å². The molecule has 0 bridgehead atoms. The summed E-state index contributed by atoms with van der Waals surface area (Å²) in [5.41, 5.74) is 4.47. The number of imidazole rings is 1. The fraction of sp³-hybridized carbons (Fsp3) is 0.312. The van der Waals surface area contributed by atoms with Crippen molar-refractivity contribution in [2.24, 2.45) is 14.1 Å². The molecular formula is C16H18N4O. The first kappa shape index (κ1) is 13.5. The highest BCUT2D eigenvalue weighted by molar-refractivity contribution is 5.77. The van der Waals surface area contributed by atoms with E-state index in [1.807, 2.05) is 18.3 Å². The third-order valence-corrected chi connectivity index (χ3v) is 3.85. The molecule has 0 atom stereocenters. The van der Waals surface area contributed by atoms with Crippen molar-refractivity contribution in [2.45, 2.75) is 19.8 Å². The highest BCUT2D eigenvalue weighted by atomic mass is 16.1. The summed E-state index contributed by atoms with van der Waals surface area (Å²) in [6.45, 7) is 4.31. The molecule has 0 N–H and O–H groups in total. The lowest BCUT2D eigenvalue weighted by Crippen LogP contribution is -2.19. The van der Waals surface area contributed by atoms with Crippen molar-refractivity contribution in [1.29, 1.82) is 0 Å². The molecule has 0 aliphatic carbocycles. The molecular weight excluding hydrogens is 264 g/mol. The van der Waals surface area contributed by atoms with E-state index in [0.29, 0.717) is 11.6 Å². The Morgan fingerprint density at radius 1 is 1.10 bits per heavy atom. The average Bonchev–Trinajstić information content (AvgIpc) is 2.72. The minimum absolute atomic E-state index is 0.0708. The van der Waals surface area contributed by atoms with Crippen molar-refractivity contribution >= 4 is 11.2 Å². The van der Waals surface area contributed by atoms with Crippen molar-refractivity contribution < 1.29 is 0 Å². The lowest BCUT2D eigenvalue weighted by molar-refractivity contribution is 0.791. The molecule has 0 saturated heterocycles. The fourth-order valence-corrected chi connectivity index (χ4v) is 2.47. The number of hydrogen-bond donors (Lipinski definition) is 0. The Kier molecular flexibility index (Phi) is 3.12. The van der Waals surface area contributed by atoms with Crippen LogP contribution in [0.25, 0.3) is 22.4 Å². The first-order chi connectivity index (χ1) is 9.99. The van der Waals surface area contributed by atoms with E-state index >= 15 is 0 Å². The zero-order chi connectivity index (χ0) is 15.1. The molecule has 0 fully saturated rings.